The highest BCUT2D eigenvalue weighted by Gasteiger charge is 2.34. The molecule has 3 unspecified atom stereocenters. The first-order valence-electron chi connectivity index (χ1n) is 5.89. The fourth-order valence-electron chi connectivity index (χ4n) is 1.24. The maximum Gasteiger partial charge on any atom is 0.0630 e. The van der Waals surface area contributed by atoms with Gasteiger partial charge in [0.15, 0.2) is 0 Å². The summed E-state index contributed by atoms with van der Waals surface area (Å²) in [6.07, 6.45) is 6.96. The van der Waals surface area contributed by atoms with Crippen molar-refractivity contribution in [3.63, 3.8) is 0 Å². The molecular weight excluding hydrogens is 236 g/mol. The number of hydrogen-bond donors (Lipinski definition) is 0. The molecule has 0 aromatic carbocycles. The molecule has 15 heavy (non-hydrogen) atoms. The Morgan fingerprint density at radius 2 is 1.47 bits per heavy atom. The van der Waals surface area contributed by atoms with E-state index in [4.69, 9.17) is 0 Å². The minimum atomic E-state index is -0.560. The zero-order valence-electron chi connectivity index (χ0n) is 11.6. The fraction of sp³-hybridized carbons (Fsp3) is 1.00. The summed E-state index contributed by atoms with van der Waals surface area (Å²) in [6.45, 7) is 13.2. The highest BCUT2D eigenvalue weighted by Crippen LogP contribution is 2.87. The second-order valence-corrected chi connectivity index (χ2v) is 17.4. The van der Waals surface area contributed by atoms with Crippen molar-refractivity contribution in [3.8, 4) is 0 Å². The van der Waals surface area contributed by atoms with Gasteiger partial charge in [-0.1, -0.05) is 34.1 Å². The second kappa shape index (κ2) is 13.4. The van der Waals surface area contributed by atoms with E-state index in [0.29, 0.717) is 7.61 Å². The van der Waals surface area contributed by atoms with Crippen molar-refractivity contribution in [2.75, 3.05) is 25.2 Å². The van der Waals surface area contributed by atoms with Crippen LogP contribution in [0.3, 0.4) is 0 Å². The summed E-state index contributed by atoms with van der Waals surface area (Å²) < 4.78 is 0. The molecule has 0 amide bonds. The summed E-state index contributed by atoms with van der Waals surface area (Å²) in [5, 5.41) is 0. The van der Waals surface area contributed by atoms with Crippen LogP contribution in [-0.2, 0) is 0 Å². The minimum Gasteiger partial charge on any atom is -0.0656 e. The van der Waals surface area contributed by atoms with Crippen LogP contribution in [0, 0.1) is 0 Å². The van der Waals surface area contributed by atoms with Crippen molar-refractivity contribution < 1.29 is 0 Å². The molecule has 0 heterocycles. The first-order valence-corrected chi connectivity index (χ1v) is 12.3. The van der Waals surface area contributed by atoms with Crippen molar-refractivity contribution in [2.45, 2.75) is 47.5 Å². The fourth-order valence-corrected chi connectivity index (χ4v) is 10.7. The van der Waals surface area contributed by atoms with E-state index in [1.807, 2.05) is 0 Å². The molecular formula is C11H30BP3+. The van der Waals surface area contributed by atoms with Crippen LogP contribution in [0.4, 0.5) is 0 Å². The lowest BCUT2D eigenvalue weighted by atomic mass is 10.6. The zero-order valence-corrected chi connectivity index (χ0v) is 14.5. The van der Waals surface area contributed by atoms with Crippen LogP contribution in [0.1, 0.15) is 47.5 Å². The Kier molecular flexibility index (Phi) is 19.3. The highest BCUT2D eigenvalue weighted by atomic mass is 32.5. The van der Waals surface area contributed by atoms with Gasteiger partial charge in [0.25, 0.3) is 0 Å². The molecule has 0 aromatic heterocycles. The molecule has 0 aliphatic rings. The van der Waals surface area contributed by atoms with E-state index in [1.165, 1.54) is 31.3 Å². The smallest absolute Gasteiger partial charge is 0.0630 e. The normalized spacial score (nSPS) is 15.4. The number of hydrogen-bond acceptors (Lipinski definition) is 0. The first kappa shape index (κ1) is 21.6. The molecule has 0 N–H and O–H groups in total. The quantitative estimate of drug-likeness (QED) is 0.467. The van der Waals surface area contributed by atoms with E-state index in [1.54, 1.807) is 0 Å². The Morgan fingerprint density at radius 3 is 1.67 bits per heavy atom. The van der Waals surface area contributed by atoms with Crippen molar-refractivity contribution >= 4 is 31.6 Å². The summed E-state index contributed by atoms with van der Waals surface area (Å²) in [4.78, 5) is 0. The molecule has 91 valence electrons. The van der Waals surface area contributed by atoms with E-state index < -0.39 is 6.64 Å². The molecule has 0 rings (SSSR count). The lowest BCUT2D eigenvalue weighted by Crippen LogP contribution is -1.93. The number of rotatable bonds is 5. The molecule has 0 fully saturated rings. The maximum absolute atomic E-state index is 3.21. The second-order valence-electron chi connectivity index (χ2n) is 3.71. The SMILES string of the molecule is CCC.CCC[P+](P)(CC)P(C)CC.[B]. The molecule has 0 nitrogen and oxygen atoms in total. The largest absolute Gasteiger partial charge is 0.0656 e. The Morgan fingerprint density at radius 1 is 1.07 bits per heavy atom. The van der Waals surface area contributed by atoms with Crippen molar-refractivity contribution in [3.05, 3.63) is 0 Å². The van der Waals surface area contributed by atoms with Crippen LogP contribution in [0.15, 0.2) is 0 Å². The molecule has 0 bridgehead atoms. The monoisotopic (exact) mass is 266 g/mol. The van der Waals surface area contributed by atoms with Gasteiger partial charge in [0.2, 0.25) is 0 Å². The highest BCUT2D eigenvalue weighted by molar-refractivity contribution is 8.61. The predicted octanol–water partition coefficient (Wildman–Crippen LogP) is 5.31. The lowest BCUT2D eigenvalue weighted by molar-refractivity contribution is 1.09. The molecule has 4 heteroatoms. The molecule has 0 aliphatic heterocycles. The Balaban J connectivity index is -0.000000320. The van der Waals surface area contributed by atoms with Crippen LogP contribution in [0.25, 0.3) is 0 Å². The summed E-state index contributed by atoms with van der Waals surface area (Å²) in [7, 11) is 3.56. The average Bonchev–Trinajstić information content (AvgIpc) is 2.18. The molecule has 0 saturated heterocycles. The van der Waals surface area contributed by atoms with E-state index in [9.17, 15) is 0 Å². The van der Waals surface area contributed by atoms with Crippen LogP contribution in [-0.4, -0.2) is 33.6 Å². The van der Waals surface area contributed by atoms with Crippen molar-refractivity contribution in [2.24, 2.45) is 0 Å². The van der Waals surface area contributed by atoms with Gasteiger partial charge in [-0.3, -0.25) is 0 Å². The van der Waals surface area contributed by atoms with Gasteiger partial charge in [0.05, 0.1) is 19.9 Å². The third kappa shape index (κ3) is 10.2. The average molecular weight is 266 g/mol. The molecule has 0 spiro atoms. The van der Waals surface area contributed by atoms with Crippen LogP contribution < -0.4 is 0 Å². The third-order valence-electron chi connectivity index (χ3n) is 2.30. The van der Waals surface area contributed by atoms with Gasteiger partial charge in [-0.15, -0.1) is 0 Å². The summed E-state index contributed by atoms with van der Waals surface area (Å²) in [5.41, 5.74) is 0. The first-order chi connectivity index (χ1) is 6.52. The maximum atomic E-state index is 3.21. The van der Waals surface area contributed by atoms with Crippen LogP contribution >= 0.6 is 23.2 Å². The van der Waals surface area contributed by atoms with Gasteiger partial charge in [0, 0.05) is 24.0 Å². The van der Waals surface area contributed by atoms with Crippen LogP contribution in [0.2, 0.25) is 0 Å². The van der Waals surface area contributed by atoms with E-state index in [0.717, 1.165) is 0 Å². The molecule has 0 aliphatic carbocycles. The van der Waals surface area contributed by atoms with E-state index >= 15 is 0 Å². The molecule has 0 aromatic rings. The van der Waals surface area contributed by atoms with Crippen LogP contribution in [0.5, 0.6) is 0 Å². The summed E-state index contributed by atoms with van der Waals surface area (Å²) in [6, 6.07) is 0. The van der Waals surface area contributed by atoms with Gasteiger partial charge in [0.1, 0.15) is 0 Å². The summed E-state index contributed by atoms with van der Waals surface area (Å²) in [5.74, 6) is 0. The van der Waals surface area contributed by atoms with E-state index in [-0.39, 0.29) is 8.41 Å². The topological polar surface area (TPSA) is 0 Å². The zero-order chi connectivity index (χ0) is 11.6. The van der Waals surface area contributed by atoms with Gasteiger partial charge in [-0.25, -0.2) is 0 Å². The van der Waals surface area contributed by atoms with Gasteiger partial charge in [-0.2, -0.15) is 0 Å². The standard InChI is InChI=1S/C8H22P3.C3H8.B/c1-5-8-11(9,7-3)10(4)6-2;1-3-2;/h5-9H2,1-4H3;3H2,1-2H3;/q+1;;. The minimum absolute atomic E-state index is 0. The summed E-state index contributed by atoms with van der Waals surface area (Å²) >= 11 is 0. The third-order valence-corrected chi connectivity index (χ3v) is 18.7. The Labute approximate surface area is 104 Å². The predicted molar refractivity (Wildman–Crippen MR) is 87.4 cm³/mol. The van der Waals surface area contributed by atoms with E-state index in [2.05, 4.69) is 50.2 Å². The molecule has 3 atom stereocenters. The van der Waals surface area contributed by atoms with Crippen molar-refractivity contribution in [1.29, 1.82) is 0 Å². The van der Waals surface area contributed by atoms with Crippen molar-refractivity contribution in [1.82, 2.24) is 0 Å². The Bertz CT molecular complexity index is 122. The molecule has 3 radical (unpaired) electrons. The lowest BCUT2D eigenvalue weighted by Gasteiger charge is -2.26. The Hall–Kier alpha value is 1.35. The van der Waals surface area contributed by atoms with Gasteiger partial charge < -0.3 is 0 Å². The van der Waals surface area contributed by atoms with Gasteiger partial charge >= 0.3 is 0 Å². The van der Waals surface area contributed by atoms with Gasteiger partial charge in [-0.05, 0) is 26.2 Å². The molecule has 0 saturated carbocycles.